The second-order valence-corrected chi connectivity index (χ2v) is 1.91. The van der Waals surface area contributed by atoms with Crippen LogP contribution in [0.4, 0.5) is 0 Å². The lowest BCUT2D eigenvalue weighted by Gasteiger charge is -2.07. The van der Waals surface area contributed by atoms with Gasteiger partial charge in [0.2, 0.25) is 0 Å². The number of likely N-dealkylation sites (N-methyl/N-ethyl adjacent to an activating group) is 1. The molecule has 0 aromatic carbocycles. The number of hydrogen-bond acceptors (Lipinski definition) is 4. The summed E-state index contributed by atoms with van der Waals surface area (Å²) >= 11 is 0. The zero-order chi connectivity index (χ0) is 6.69. The second kappa shape index (κ2) is 2.48. The lowest BCUT2D eigenvalue weighted by Crippen LogP contribution is -2.23. The Labute approximate surface area is 53.5 Å². The maximum absolute atomic E-state index is 8.11. The molecule has 50 valence electrons. The van der Waals surface area contributed by atoms with E-state index in [9.17, 15) is 0 Å². The summed E-state index contributed by atoms with van der Waals surface area (Å²) in [5.41, 5.74) is 0. The van der Waals surface area contributed by atoms with Crippen molar-refractivity contribution in [2.24, 2.45) is 10.1 Å². The molecule has 0 spiro atoms. The van der Waals surface area contributed by atoms with Crippen molar-refractivity contribution in [3.63, 3.8) is 0 Å². The molecule has 1 rings (SSSR count). The normalized spacial score (nSPS) is 19.2. The van der Waals surface area contributed by atoms with Gasteiger partial charge in [-0.3, -0.25) is 4.99 Å². The molecule has 0 radical (unpaired) electrons. The van der Waals surface area contributed by atoms with Crippen molar-refractivity contribution >= 4 is 12.1 Å². The zero-order valence-electron chi connectivity index (χ0n) is 5.28. The Hall–Kier alpha value is -1.06. The largest absolute Gasteiger partial charge is 0.411 e. The third-order valence-electron chi connectivity index (χ3n) is 1.27. The third-order valence-corrected chi connectivity index (χ3v) is 1.27. The Kier molecular flexibility index (Phi) is 1.67. The van der Waals surface area contributed by atoms with E-state index in [1.165, 1.54) is 6.21 Å². The monoisotopic (exact) mass is 127 g/mol. The minimum atomic E-state index is 0.748. The number of hydrogen-bond donors (Lipinski definition) is 1. The van der Waals surface area contributed by atoms with E-state index in [0.29, 0.717) is 0 Å². The van der Waals surface area contributed by atoms with Gasteiger partial charge in [-0.05, 0) is 0 Å². The Morgan fingerprint density at radius 2 is 2.67 bits per heavy atom. The van der Waals surface area contributed by atoms with E-state index in [1.807, 2.05) is 11.9 Å². The van der Waals surface area contributed by atoms with Crippen LogP contribution < -0.4 is 0 Å². The SMILES string of the molecule is CN1CCN=C1/C=N/O. The van der Waals surface area contributed by atoms with Crippen LogP contribution >= 0.6 is 0 Å². The van der Waals surface area contributed by atoms with Gasteiger partial charge in [-0.25, -0.2) is 0 Å². The van der Waals surface area contributed by atoms with Crippen LogP contribution in [0.25, 0.3) is 0 Å². The zero-order valence-corrected chi connectivity index (χ0v) is 5.28. The van der Waals surface area contributed by atoms with Crippen molar-refractivity contribution in [1.82, 2.24) is 4.90 Å². The van der Waals surface area contributed by atoms with E-state index in [0.717, 1.165) is 18.9 Å². The molecule has 0 saturated heterocycles. The first-order valence-electron chi connectivity index (χ1n) is 2.77. The van der Waals surface area contributed by atoms with E-state index in [1.54, 1.807) is 0 Å². The summed E-state index contributed by atoms with van der Waals surface area (Å²) < 4.78 is 0. The van der Waals surface area contributed by atoms with Crippen molar-refractivity contribution in [2.45, 2.75) is 0 Å². The summed E-state index contributed by atoms with van der Waals surface area (Å²) in [6.07, 6.45) is 1.34. The first-order chi connectivity index (χ1) is 4.34. The molecular weight excluding hydrogens is 118 g/mol. The van der Waals surface area contributed by atoms with Crippen molar-refractivity contribution in [1.29, 1.82) is 0 Å². The summed E-state index contributed by atoms with van der Waals surface area (Å²) in [6.45, 7) is 1.72. The van der Waals surface area contributed by atoms with Gasteiger partial charge in [-0.2, -0.15) is 0 Å². The number of nitrogens with zero attached hydrogens (tertiary/aromatic N) is 3. The molecule has 0 atom stereocenters. The topological polar surface area (TPSA) is 48.2 Å². The molecule has 0 fully saturated rings. The Morgan fingerprint density at radius 1 is 1.89 bits per heavy atom. The summed E-state index contributed by atoms with van der Waals surface area (Å²) in [7, 11) is 1.91. The van der Waals surface area contributed by atoms with Crippen molar-refractivity contribution in [3.05, 3.63) is 0 Å². The Bertz CT molecular complexity index is 152. The summed E-state index contributed by atoms with van der Waals surface area (Å²) in [6, 6.07) is 0. The first kappa shape index (κ1) is 6.07. The van der Waals surface area contributed by atoms with Crippen LogP contribution in [0, 0.1) is 0 Å². The van der Waals surface area contributed by atoms with Crippen LogP contribution in [0.15, 0.2) is 10.1 Å². The fourth-order valence-corrected chi connectivity index (χ4v) is 0.741. The highest BCUT2D eigenvalue weighted by Gasteiger charge is 2.08. The van der Waals surface area contributed by atoms with Gasteiger partial charge in [0.25, 0.3) is 0 Å². The molecule has 4 nitrogen and oxygen atoms in total. The fraction of sp³-hybridized carbons (Fsp3) is 0.600. The fourth-order valence-electron chi connectivity index (χ4n) is 0.741. The van der Waals surface area contributed by atoms with Gasteiger partial charge in [0.05, 0.1) is 6.54 Å². The molecule has 0 bridgehead atoms. The molecule has 1 aliphatic rings. The molecule has 0 saturated carbocycles. The number of oxime groups is 1. The van der Waals surface area contributed by atoms with Gasteiger partial charge in [-0.1, -0.05) is 5.16 Å². The average Bonchev–Trinajstić information content (AvgIpc) is 2.18. The Balaban J connectivity index is 2.57. The van der Waals surface area contributed by atoms with E-state index >= 15 is 0 Å². The highest BCUT2D eigenvalue weighted by molar-refractivity contribution is 6.29. The summed E-state index contributed by atoms with van der Waals surface area (Å²) in [5, 5.41) is 11.0. The van der Waals surface area contributed by atoms with E-state index in [4.69, 9.17) is 5.21 Å². The van der Waals surface area contributed by atoms with Gasteiger partial charge in [0, 0.05) is 13.6 Å². The molecule has 1 heterocycles. The predicted octanol–water partition coefficient (Wildman–Crippen LogP) is -0.210. The molecule has 4 heteroatoms. The van der Waals surface area contributed by atoms with Crippen LogP contribution in [-0.4, -0.2) is 42.3 Å². The van der Waals surface area contributed by atoms with Crippen molar-refractivity contribution in [3.8, 4) is 0 Å². The molecule has 1 N–H and O–H groups in total. The minimum Gasteiger partial charge on any atom is -0.411 e. The minimum absolute atomic E-state index is 0.748. The molecule has 0 aliphatic carbocycles. The lowest BCUT2D eigenvalue weighted by molar-refractivity contribution is 0.322. The molecule has 0 amide bonds. The molecule has 1 aliphatic heterocycles. The number of aliphatic imine (C=N–C) groups is 1. The maximum atomic E-state index is 8.11. The van der Waals surface area contributed by atoms with Crippen molar-refractivity contribution in [2.75, 3.05) is 20.1 Å². The molecular formula is C5H9N3O. The van der Waals surface area contributed by atoms with Gasteiger partial charge in [0.15, 0.2) is 0 Å². The lowest BCUT2D eigenvalue weighted by atomic mass is 10.6. The maximum Gasteiger partial charge on any atom is 0.145 e. The quantitative estimate of drug-likeness (QED) is 0.301. The van der Waals surface area contributed by atoms with Gasteiger partial charge in [0.1, 0.15) is 12.1 Å². The van der Waals surface area contributed by atoms with Gasteiger partial charge in [-0.15, -0.1) is 0 Å². The van der Waals surface area contributed by atoms with E-state index in [2.05, 4.69) is 10.1 Å². The van der Waals surface area contributed by atoms with E-state index in [-0.39, 0.29) is 0 Å². The molecule has 9 heavy (non-hydrogen) atoms. The van der Waals surface area contributed by atoms with Crippen LogP contribution in [0.5, 0.6) is 0 Å². The second-order valence-electron chi connectivity index (χ2n) is 1.91. The van der Waals surface area contributed by atoms with E-state index < -0.39 is 0 Å². The average molecular weight is 127 g/mol. The standard InChI is InChI=1S/C5H9N3O/c1-8-3-2-6-5(8)4-7-9/h4,9H,2-3H2,1H3/b7-4+. The highest BCUT2D eigenvalue weighted by Crippen LogP contribution is 1.94. The highest BCUT2D eigenvalue weighted by atomic mass is 16.4. The van der Waals surface area contributed by atoms with Gasteiger partial charge >= 0.3 is 0 Å². The number of rotatable bonds is 1. The van der Waals surface area contributed by atoms with Crippen LogP contribution in [0.1, 0.15) is 0 Å². The smallest absolute Gasteiger partial charge is 0.145 e. The predicted molar refractivity (Wildman–Crippen MR) is 35.2 cm³/mol. The summed E-state index contributed by atoms with van der Waals surface area (Å²) in [4.78, 5) is 5.97. The number of amidine groups is 1. The van der Waals surface area contributed by atoms with Crippen molar-refractivity contribution < 1.29 is 5.21 Å². The molecule has 0 aromatic heterocycles. The van der Waals surface area contributed by atoms with Crippen LogP contribution in [0.3, 0.4) is 0 Å². The van der Waals surface area contributed by atoms with Gasteiger partial charge < -0.3 is 10.1 Å². The Morgan fingerprint density at radius 3 is 3.11 bits per heavy atom. The first-order valence-corrected chi connectivity index (χ1v) is 2.77. The van der Waals surface area contributed by atoms with Crippen LogP contribution in [-0.2, 0) is 0 Å². The third kappa shape index (κ3) is 1.19. The molecule has 0 unspecified atom stereocenters. The van der Waals surface area contributed by atoms with Crippen LogP contribution in [0.2, 0.25) is 0 Å². The molecule has 0 aromatic rings. The summed E-state index contributed by atoms with van der Waals surface area (Å²) in [5.74, 6) is 0.748.